The van der Waals surface area contributed by atoms with E-state index in [9.17, 15) is 0 Å². The molecule has 0 atom stereocenters. The van der Waals surface area contributed by atoms with Gasteiger partial charge in [-0.15, -0.1) is 0 Å². The smallest absolute Gasteiger partial charge is 0.0942 e. The lowest BCUT2D eigenvalue weighted by Gasteiger charge is -2.04. The molecular weight excluding hydrogens is 208 g/mol. The van der Waals surface area contributed by atoms with Crippen LogP contribution in [0, 0.1) is 0 Å². The van der Waals surface area contributed by atoms with E-state index in [2.05, 4.69) is 46.6 Å². The first-order chi connectivity index (χ1) is 8.38. The van der Waals surface area contributed by atoms with Gasteiger partial charge < -0.3 is 4.40 Å². The van der Waals surface area contributed by atoms with Gasteiger partial charge in [0.1, 0.15) is 0 Å². The second-order valence-corrected chi connectivity index (χ2v) is 4.13. The zero-order valence-corrected chi connectivity index (χ0v) is 9.80. The summed E-state index contributed by atoms with van der Waals surface area (Å²) >= 11 is 0. The molecule has 1 aromatic carbocycles. The van der Waals surface area contributed by atoms with Crippen molar-refractivity contribution in [2.45, 2.75) is 13.3 Å². The number of aryl methyl sites for hydroxylation is 1. The minimum Gasteiger partial charge on any atom is -0.320 e. The standard InChI is InChI=1S/C15H14N2/c1-2-12-5-7-13(8-6-12)15-14-4-3-10-17(14)11-9-16-15/h3-11H,2H2,1H3. The van der Waals surface area contributed by atoms with Gasteiger partial charge in [-0.3, -0.25) is 4.98 Å². The van der Waals surface area contributed by atoms with Gasteiger partial charge in [-0.25, -0.2) is 0 Å². The number of aromatic nitrogens is 2. The van der Waals surface area contributed by atoms with Crippen molar-refractivity contribution in [1.29, 1.82) is 0 Å². The Labute approximate surface area is 101 Å². The van der Waals surface area contributed by atoms with Crippen molar-refractivity contribution < 1.29 is 0 Å². The Morgan fingerprint density at radius 1 is 1.06 bits per heavy atom. The molecule has 0 aliphatic rings. The topological polar surface area (TPSA) is 17.3 Å². The molecule has 2 heterocycles. The minimum atomic E-state index is 1.04. The highest BCUT2D eigenvalue weighted by atomic mass is 14.9. The Hall–Kier alpha value is -2.09. The molecule has 0 unspecified atom stereocenters. The molecule has 0 spiro atoms. The van der Waals surface area contributed by atoms with Gasteiger partial charge in [0.2, 0.25) is 0 Å². The van der Waals surface area contributed by atoms with Crippen molar-refractivity contribution in [1.82, 2.24) is 9.38 Å². The summed E-state index contributed by atoms with van der Waals surface area (Å²) in [4.78, 5) is 4.48. The van der Waals surface area contributed by atoms with Crippen LogP contribution < -0.4 is 0 Å². The van der Waals surface area contributed by atoms with Gasteiger partial charge in [0.15, 0.2) is 0 Å². The Morgan fingerprint density at radius 3 is 2.65 bits per heavy atom. The van der Waals surface area contributed by atoms with Crippen molar-refractivity contribution >= 4 is 5.52 Å². The molecule has 3 aromatic rings. The Kier molecular flexibility index (Phi) is 2.41. The summed E-state index contributed by atoms with van der Waals surface area (Å²) in [6.07, 6.45) is 6.93. The molecule has 0 amide bonds. The first kappa shape index (κ1) is 10.1. The van der Waals surface area contributed by atoms with Crippen LogP contribution in [0.1, 0.15) is 12.5 Å². The molecule has 2 nitrogen and oxygen atoms in total. The average molecular weight is 222 g/mol. The van der Waals surface area contributed by atoms with E-state index in [1.54, 1.807) is 0 Å². The normalized spacial score (nSPS) is 10.9. The van der Waals surface area contributed by atoms with Gasteiger partial charge in [-0.2, -0.15) is 0 Å². The fourth-order valence-corrected chi connectivity index (χ4v) is 2.09. The molecule has 2 aromatic heterocycles. The lowest BCUT2D eigenvalue weighted by molar-refractivity contribution is 1.13. The maximum Gasteiger partial charge on any atom is 0.0942 e. The van der Waals surface area contributed by atoms with Crippen molar-refractivity contribution in [3.8, 4) is 11.3 Å². The molecule has 84 valence electrons. The summed E-state index contributed by atoms with van der Waals surface area (Å²) in [5, 5.41) is 0. The quantitative estimate of drug-likeness (QED) is 0.648. The van der Waals surface area contributed by atoms with Crippen molar-refractivity contribution in [3.05, 3.63) is 60.6 Å². The molecule has 0 saturated carbocycles. The summed E-state index contributed by atoms with van der Waals surface area (Å²) in [5.41, 5.74) is 4.72. The van der Waals surface area contributed by atoms with E-state index in [-0.39, 0.29) is 0 Å². The largest absolute Gasteiger partial charge is 0.320 e. The predicted molar refractivity (Wildman–Crippen MR) is 70.0 cm³/mol. The lowest BCUT2D eigenvalue weighted by atomic mass is 10.1. The number of rotatable bonds is 2. The van der Waals surface area contributed by atoms with E-state index in [1.807, 2.05) is 24.7 Å². The van der Waals surface area contributed by atoms with Crippen LogP contribution in [0.4, 0.5) is 0 Å². The maximum absolute atomic E-state index is 4.48. The zero-order chi connectivity index (χ0) is 11.7. The van der Waals surface area contributed by atoms with Gasteiger partial charge in [0, 0.05) is 24.2 Å². The Morgan fingerprint density at radius 2 is 1.88 bits per heavy atom. The predicted octanol–water partition coefficient (Wildman–Crippen LogP) is 3.56. The van der Waals surface area contributed by atoms with E-state index < -0.39 is 0 Å². The number of benzene rings is 1. The first-order valence-electron chi connectivity index (χ1n) is 5.89. The third kappa shape index (κ3) is 1.72. The number of hydrogen-bond acceptors (Lipinski definition) is 1. The molecular formula is C15H14N2. The fourth-order valence-electron chi connectivity index (χ4n) is 2.09. The maximum atomic E-state index is 4.48. The first-order valence-corrected chi connectivity index (χ1v) is 5.89. The van der Waals surface area contributed by atoms with Gasteiger partial charge in [-0.05, 0) is 24.1 Å². The van der Waals surface area contributed by atoms with E-state index in [0.717, 1.165) is 17.6 Å². The minimum absolute atomic E-state index is 1.04. The van der Waals surface area contributed by atoms with Crippen LogP contribution in [0.25, 0.3) is 16.8 Å². The van der Waals surface area contributed by atoms with E-state index in [4.69, 9.17) is 0 Å². The number of hydrogen-bond donors (Lipinski definition) is 0. The van der Waals surface area contributed by atoms with E-state index >= 15 is 0 Å². The zero-order valence-electron chi connectivity index (χ0n) is 9.80. The second-order valence-electron chi connectivity index (χ2n) is 4.13. The Balaban J connectivity index is 2.16. The highest BCUT2D eigenvalue weighted by Crippen LogP contribution is 2.22. The van der Waals surface area contributed by atoms with Crippen LogP contribution in [0.5, 0.6) is 0 Å². The van der Waals surface area contributed by atoms with Crippen molar-refractivity contribution in [2.75, 3.05) is 0 Å². The lowest BCUT2D eigenvalue weighted by Crippen LogP contribution is -1.90. The second kappa shape index (κ2) is 4.06. The number of fused-ring (bicyclic) bond motifs is 1. The summed E-state index contributed by atoms with van der Waals surface area (Å²) in [6, 6.07) is 12.8. The molecule has 0 N–H and O–H groups in total. The highest BCUT2D eigenvalue weighted by Gasteiger charge is 2.04. The molecule has 0 aliphatic carbocycles. The van der Waals surface area contributed by atoms with E-state index in [0.29, 0.717) is 0 Å². The molecule has 0 bridgehead atoms. The van der Waals surface area contributed by atoms with Crippen molar-refractivity contribution in [3.63, 3.8) is 0 Å². The summed E-state index contributed by atoms with van der Waals surface area (Å²) in [6.45, 7) is 2.17. The van der Waals surface area contributed by atoms with Crippen molar-refractivity contribution in [2.24, 2.45) is 0 Å². The van der Waals surface area contributed by atoms with Crippen LogP contribution in [0.15, 0.2) is 55.0 Å². The third-order valence-corrected chi connectivity index (χ3v) is 3.09. The van der Waals surface area contributed by atoms with Crippen LogP contribution >= 0.6 is 0 Å². The molecule has 0 fully saturated rings. The SMILES string of the molecule is CCc1ccc(-c2nccn3cccc23)cc1. The molecule has 0 radical (unpaired) electrons. The molecule has 0 aliphatic heterocycles. The molecule has 3 rings (SSSR count). The monoisotopic (exact) mass is 222 g/mol. The van der Waals surface area contributed by atoms with Gasteiger partial charge in [-0.1, -0.05) is 31.2 Å². The Bertz CT molecular complexity index is 635. The number of nitrogens with zero attached hydrogens (tertiary/aromatic N) is 2. The van der Waals surface area contributed by atoms with Gasteiger partial charge in [0.25, 0.3) is 0 Å². The molecule has 0 saturated heterocycles. The molecule has 2 heteroatoms. The summed E-state index contributed by atoms with van der Waals surface area (Å²) < 4.78 is 2.09. The summed E-state index contributed by atoms with van der Waals surface area (Å²) in [5.74, 6) is 0. The molecule has 17 heavy (non-hydrogen) atoms. The van der Waals surface area contributed by atoms with Gasteiger partial charge >= 0.3 is 0 Å². The van der Waals surface area contributed by atoms with Crippen LogP contribution in [-0.2, 0) is 6.42 Å². The van der Waals surface area contributed by atoms with Crippen LogP contribution in [0.3, 0.4) is 0 Å². The van der Waals surface area contributed by atoms with Gasteiger partial charge in [0.05, 0.1) is 11.2 Å². The van der Waals surface area contributed by atoms with Crippen LogP contribution in [-0.4, -0.2) is 9.38 Å². The van der Waals surface area contributed by atoms with E-state index in [1.165, 1.54) is 11.1 Å². The third-order valence-electron chi connectivity index (χ3n) is 3.09. The summed E-state index contributed by atoms with van der Waals surface area (Å²) in [7, 11) is 0. The van der Waals surface area contributed by atoms with Crippen LogP contribution in [0.2, 0.25) is 0 Å². The fraction of sp³-hybridized carbons (Fsp3) is 0.133. The highest BCUT2D eigenvalue weighted by molar-refractivity contribution is 5.76. The average Bonchev–Trinajstić information content (AvgIpc) is 2.87.